The number of ether oxygens (including phenoxy) is 2. The van der Waals surface area contributed by atoms with Crippen LogP contribution in [0.3, 0.4) is 0 Å². The number of nitrogens with zero attached hydrogens (tertiary/aromatic N) is 1. The minimum Gasteiger partial charge on any atom is -0.478 e. The minimum absolute atomic E-state index is 0.0182. The van der Waals surface area contributed by atoms with Crippen molar-refractivity contribution in [2.24, 2.45) is 0 Å². The standard InChI is InChI=1S/C18H20N2O8/c1-9-14(17(21)22)15(10-5-4-6-11(7-10)20(25)26)16(18(23)24)12(19-9)8-13(27-2)28-3/h4-7,13,15,19H,8H2,1-3H3,(H,21,22)(H,23,24). The molecule has 1 aliphatic rings. The van der Waals surface area contributed by atoms with Gasteiger partial charge in [0, 0.05) is 44.2 Å². The van der Waals surface area contributed by atoms with E-state index in [0.717, 1.165) is 0 Å². The molecule has 2 rings (SSSR count). The van der Waals surface area contributed by atoms with Gasteiger partial charge in [0.1, 0.15) is 0 Å². The Morgan fingerprint density at radius 1 is 1.21 bits per heavy atom. The smallest absolute Gasteiger partial charge is 0.334 e. The third-order valence-corrected chi connectivity index (χ3v) is 4.42. The van der Waals surface area contributed by atoms with Crippen LogP contribution in [0.2, 0.25) is 0 Å². The number of non-ortho nitro benzene ring substituents is 1. The first-order chi connectivity index (χ1) is 13.2. The Morgan fingerprint density at radius 2 is 1.82 bits per heavy atom. The Balaban J connectivity index is 2.71. The van der Waals surface area contributed by atoms with Crippen LogP contribution in [0.4, 0.5) is 5.69 Å². The van der Waals surface area contributed by atoms with Crippen molar-refractivity contribution < 1.29 is 34.2 Å². The van der Waals surface area contributed by atoms with Gasteiger partial charge in [0.2, 0.25) is 0 Å². The van der Waals surface area contributed by atoms with Crippen LogP contribution < -0.4 is 5.32 Å². The van der Waals surface area contributed by atoms with Crippen LogP contribution in [0.5, 0.6) is 0 Å². The van der Waals surface area contributed by atoms with Gasteiger partial charge in [0.05, 0.1) is 22.0 Å². The lowest BCUT2D eigenvalue weighted by atomic mass is 9.79. The van der Waals surface area contributed by atoms with Crippen molar-refractivity contribution in [2.45, 2.75) is 25.6 Å². The highest BCUT2D eigenvalue weighted by Gasteiger charge is 2.38. The quantitative estimate of drug-likeness (QED) is 0.343. The topological polar surface area (TPSA) is 148 Å². The van der Waals surface area contributed by atoms with Gasteiger partial charge in [-0.15, -0.1) is 0 Å². The highest BCUT2D eigenvalue weighted by Crippen LogP contribution is 2.40. The SMILES string of the molecule is COC(CC1=C(C(=O)O)C(c2cccc([N+](=O)[O-])c2)C(C(=O)O)=C(C)N1)OC. The first kappa shape index (κ1) is 21.1. The Kier molecular flexibility index (Phi) is 6.49. The first-order valence-corrected chi connectivity index (χ1v) is 8.18. The van der Waals surface area contributed by atoms with Crippen molar-refractivity contribution in [1.82, 2.24) is 5.32 Å². The van der Waals surface area contributed by atoms with Crippen molar-refractivity contribution in [3.05, 3.63) is 62.5 Å². The van der Waals surface area contributed by atoms with Crippen LogP contribution in [-0.4, -0.2) is 47.6 Å². The van der Waals surface area contributed by atoms with Gasteiger partial charge in [0.25, 0.3) is 5.69 Å². The van der Waals surface area contributed by atoms with E-state index in [9.17, 15) is 29.9 Å². The zero-order valence-electron chi connectivity index (χ0n) is 15.5. The molecule has 0 saturated carbocycles. The molecule has 0 aliphatic carbocycles. The number of nitro benzene ring substituents is 1. The maximum Gasteiger partial charge on any atom is 0.334 e. The molecule has 0 bridgehead atoms. The largest absolute Gasteiger partial charge is 0.478 e. The third-order valence-electron chi connectivity index (χ3n) is 4.42. The zero-order valence-corrected chi connectivity index (χ0v) is 15.5. The molecule has 1 aliphatic heterocycles. The summed E-state index contributed by atoms with van der Waals surface area (Å²) >= 11 is 0. The Morgan fingerprint density at radius 3 is 2.32 bits per heavy atom. The van der Waals surface area contributed by atoms with Crippen LogP contribution in [0.15, 0.2) is 46.8 Å². The monoisotopic (exact) mass is 392 g/mol. The summed E-state index contributed by atoms with van der Waals surface area (Å²) in [5.41, 5.74) is -0.0732. The molecule has 1 unspecified atom stereocenters. The molecule has 0 radical (unpaired) electrons. The molecule has 0 fully saturated rings. The molecule has 28 heavy (non-hydrogen) atoms. The molecule has 10 nitrogen and oxygen atoms in total. The lowest BCUT2D eigenvalue weighted by Crippen LogP contribution is -2.33. The lowest BCUT2D eigenvalue weighted by Gasteiger charge is -2.31. The summed E-state index contributed by atoms with van der Waals surface area (Å²) in [6, 6.07) is 5.27. The molecule has 1 heterocycles. The molecule has 3 N–H and O–H groups in total. The van der Waals surface area contributed by atoms with Crippen LogP contribution in [0.1, 0.15) is 24.8 Å². The normalized spacial score (nSPS) is 16.9. The molecular formula is C18H20N2O8. The van der Waals surface area contributed by atoms with Gasteiger partial charge in [-0.1, -0.05) is 12.1 Å². The number of carbonyl (C=O) groups is 2. The highest BCUT2D eigenvalue weighted by atomic mass is 16.7. The van der Waals surface area contributed by atoms with Gasteiger partial charge in [0.15, 0.2) is 6.29 Å². The molecule has 1 atom stereocenters. The highest BCUT2D eigenvalue weighted by molar-refractivity contribution is 5.98. The van der Waals surface area contributed by atoms with Crippen LogP contribution in [-0.2, 0) is 19.1 Å². The summed E-state index contributed by atoms with van der Waals surface area (Å²) in [6.45, 7) is 1.50. The number of nitro groups is 1. The maximum atomic E-state index is 12.1. The Bertz CT molecular complexity index is 870. The van der Waals surface area contributed by atoms with E-state index in [1.807, 2.05) is 0 Å². The number of benzene rings is 1. The van der Waals surface area contributed by atoms with Gasteiger partial charge < -0.3 is 25.0 Å². The predicted octanol–water partition coefficient (Wildman–Crippen LogP) is 1.99. The molecule has 0 saturated heterocycles. The number of aliphatic carboxylic acids is 2. The number of carboxylic acids is 2. The number of hydrogen-bond acceptors (Lipinski definition) is 7. The van der Waals surface area contributed by atoms with E-state index < -0.39 is 29.1 Å². The molecule has 1 aromatic carbocycles. The van der Waals surface area contributed by atoms with Gasteiger partial charge in [-0.3, -0.25) is 10.1 Å². The summed E-state index contributed by atoms with van der Waals surface area (Å²) in [6.07, 6.45) is -0.744. The number of allylic oxidation sites excluding steroid dienone is 1. The lowest BCUT2D eigenvalue weighted by molar-refractivity contribution is -0.384. The van der Waals surface area contributed by atoms with Crippen molar-refractivity contribution in [2.75, 3.05) is 14.2 Å². The minimum atomic E-state index is -1.35. The Labute approximate surface area is 160 Å². The molecule has 0 spiro atoms. The third kappa shape index (κ3) is 4.18. The summed E-state index contributed by atoms with van der Waals surface area (Å²) < 4.78 is 10.2. The molecule has 1 aromatic rings. The number of rotatable bonds is 8. The summed E-state index contributed by atoms with van der Waals surface area (Å²) in [5.74, 6) is -3.88. The maximum absolute atomic E-state index is 12.1. The van der Waals surface area contributed by atoms with Crippen molar-refractivity contribution in [1.29, 1.82) is 0 Å². The average Bonchev–Trinajstić information content (AvgIpc) is 2.64. The van der Waals surface area contributed by atoms with Crippen LogP contribution in [0.25, 0.3) is 0 Å². The van der Waals surface area contributed by atoms with E-state index in [2.05, 4.69) is 5.32 Å². The second-order valence-corrected chi connectivity index (χ2v) is 6.06. The second-order valence-electron chi connectivity index (χ2n) is 6.06. The fraction of sp³-hybridized carbons (Fsp3) is 0.333. The van der Waals surface area contributed by atoms with Crippen molar-refractivity contribution in [3.8, 4) is 0 Å². The number of nitrogens with one attached hydrogen (secondary N) is 1. The van der Waals surface area contributed by atoms with Gasteiger partial charge in [-0.25, -0.2) is 9.59 Å². The number of dihydropyridines is 1. The van der Waals surface area contributed by atoms with Crippen molar-refractivity contribution >= 4 is 17.6 Å². The van der Waals surface area contributed by atoms with E-state index >= 15 is 0 Å². The number of carboxylic acid groups (broad SMARTS) is 2. The molecule has 10 heteroatoms. The first-order valence-electron chi connectivity index (χ1n) is 8.18. The van der Waals surface area contributed by atoms with Crippen molar-refractivity contribution in [3.63, 3.8) is 0 Å². The fourth-order valence-corrected chi connectivity index (χ4v) is 3.17. The van der Waals surface area contributed by atoms with E-state index in [-0.39, 0.29) is 40.2 Å². The summed E-state index contributed by atoms with van der Waals surface area (Å²) in [5, 5.41) is 33.5. The number of hydrogen-bond donors (Lipinski definition) is 3. The van der Waals surface area contributed by atoms with E-state index in [4.69, 9.17) is 9.47 Å². The van der Waals surface area contributed by atoms with Crippen LogP contribution >= 0.6 is 0 Å². The van der Waals surface area contributed by atoms with Gasteiger partial charge in [-0.05, 0) is 12.5 Å². The molecule has 0 aromatic heterocycles. The zero-order chi connectivity index (χ0) is 21.0. The Hall–Kier alpha value is -3.24. The van der Waals surface area contributed by atoms with E-state index in [1.165, 1.54) is 45.4 Å². The molecule has 0 amide bonds. The van der Waals surface area contributed by atoms with Gasteiger partial charge >= 0.3 is 11.9 Å². The second kappa shape index (κ2) is 8.63. The summed E-state index contributed by atoms with van der Waals surface area (Å²) in [4.78, 5) is 34.4. The fourth-order valence-electron chi connectivity index (χ4n) is 3.17. The number of methoxy groups -OCH3 is 2. The predicted molar refractivity (Wildman–Crippen MR) is 96.4 cm³/mol. The average molecular weight is 392 g/mol. The molecular weight excluding hydrogens is 372 g/mol. The van der Waals surface area contributed by atoms with E-state index in [0.29, 0.717) is 0 Å². The summed E-state index contributed by atoms with van der Waals surface area (Å²) in [7, 11) is 2.78. The van der Waals surface area contributed by atoms with Crippen LogP contribution in [0, 0.1) is 10.1 Å². The molecule has 150 valence electrons. The van der Waals surface area contributed by atoms with Gasteiger partial charge in [-0.2, -0.15) is 0 Å². The van der Waals surface area contributed by atoms with E-state index in [1.54, 1.807) is 0 Å².